The van der Waals surface area contributed by atoms with Gasteiger partial charge in [-0.3, -0.25) is 9.59 Å². The number of aliphatic carboxylic acids is 1. The smallest absolute Gasteiger partial charge is 0.306 e. The molecular formula is C13H15Cl2NO4. The van der Waals surface area contributed by atoms with E-state index in [-0.39, 0.29) is 6.10 Å². The second kappa shape index (κ2) is 7.47. The lowest BCUT2D eigenvalue weighted by molar-refractivity contribution is -0.146. The van der Waals surface area contributed by atoms with Gasteiger partial charge in [0.2, 0.25) is 0 Å². The van der Waals surface area contributed by atoms with Crippen molar-refractivity contribution in [2.24, 2.45) is 0 Å². The lowest BCUT2D eigenvalue weighted by Crippen LogP contribution is -2.34. The monoisotopic (exact) mass is 319 g/mol. The van der Waals surface area contributed by atoms with Crippen LogP contribution in [0, 0.1) is 0 Å². The molecule has 0 aliphatic rings. The molecule has 0 heterocycles. The summed E-state index contributed by atoms with van der Waals surface area (Å²) in [5.41, 5.74) is 0.384. The topological polar surface area (TPSA) is 75.6 Å². The molecule has 1 aromatic carbocycles. The minimum absolute atomic E-state index is 0.270. The summed E-state index contributed by atoms with van der Waals surface area (Å²) in [6.45, 7) is 3.44. The highest BCUT2D eigenvalue weighted by Crippen LogP contribution is 2.22. The molecule has 1 unspecified atom stereocenters. The SMILES string of the molecule is CC(C)OC(CC(=O)O)C(=O)Nc1cc(Cl)cc(Cl)c1. The average molecular weight is 320 g/mol. The first-order valence-corrected chi connectivity index (χ1v) is 6.67. The molecule has 0 fully saturated rings. The molecule has 0 radical (unpaired) electrons. The summed E-state index contributed by atoms with van der Waals surface area (Å²) in [6, 6.07) is 4.55. The van der Waals surface area contributed by atoms with E-state index in [2.05, 4.69) is 5.32 Å². The third kappa shape index (κ3) is 5.77. The molecule has 5 nitrogen and oxygen atoms in total. The number of carboxylic acids is 1. The summed E-state index contributed by atoms with van der Waals surface area (Å²) in [5.74, 6) is -1.67. The fraction of sp³-hybridized carbons (Fsp3) is 0.385. The van der Waals surface area contributed by atoms with Crippen molar-refractivity contribution in [3.8, 4) is 0 Å². The van der Waals surface area contributed by atoms with E-state index in [1.807, 2.05) is 0 Å². The molecule has 0 saturated heterocycles. The largest absolute Gasteiger partial charge is 0.481 e. The summed E-state index contributed by atoms with van der Waals surface area (Å²) in [5, 5.41) is 12.1. The fourth-order valence-electron chi connectivity index (χ4n) is 1.54. The molecule has 0 spiro atoms. The van der Waals surface area contributed by atoms with E-state index in [0.717, 1.165) is 0 Å². The van der Waals surface area contributed by atoms with Crippen LogP contribution < -0.4 is 5.32 Å². The highest BCUT2D eigenvalue weighted by Gasteiger charge is 2.23. The van der Waals surface area contributed by atoms with Gasteiger partial charge < -0.3 is 15.2 Å². The van der Waals surface area contributed by atoms with Crippen molar-refractivity contribution in [1.82, 2.24) is 0 Å². The number of nitrogens with one attached hydrogen (secondary N) is 1. The van der Waals surface area contributed by atoms with Crippen molar-refractivity contribution >= 4 is 40.8 Å². The minimum atomic E-state index is -1.12. The normalized spacial score (nSPS) is 12.2. The molecule has 0 aromatic heterocycles. The van der Waals surface area contributed by atoms with Crippen molar-refractivity contribution in [2.75, 3.05) is 5.32 Å². The Balaban J connectivity index is 2.81. The number of carbonyl (C=O) groups excluding carboxylic acids is 1. The first kappa shape index (κ1) is 16.8. The zero-order valence-corrected chi connectivity index (χ0v) is 12.5. The van der Waals surface area contributed by atoms with E-state index >= 15 is 0 Å². The van der Waals surface area contributed by atoms with Gasteiger partial charge in [-0.25, -0.2) is 0 Å². The van der Waals surface area contributed by atoms with E-state index in [1.165, 1.54) is 18.2 Å². The van der Waals surface area contributed by atoms with E-state index in [1.54, 1.807) is 13.8 Å². The molecule has 2 N–H and O–H groups in total. The maximum atomic E-state index is 12.0. The molecule has 20 heavy (non-hydrogen) atoms. The lowest BCUT2D eigenvalue weighted by Gasteiger charge is -2.18. The van der Waals surface area contributed by atoms with Crippen molar-refractivity contribution in [2.45, 2.75) is 32.5 Å². The van der Waals surface area contributed by atoms with Crippen LogP contribution in [0.4, 0.5) is 5.69 Å². The second-order valence-corrected chi connectivity index (χ2v) is 5.29. The second-order valence-electron chi connectivity index (χ2n) is 4.42. The quantitative estimate of drug-likeness (QED) is 0.844. The Hall–Kier alpha value is -1.30. The van der Waals surface area contributed by atoms with E-state index in [0.29, 0.717) is 15.7 Å². The van der Waals surface area contributed by atoms with Crippen LogP contribution in [0.15, 0.2) is 18.2 Å². The highest BCUT2D eigenvalue weighted by molar-refractivity contribution is 6.35. The Labute approximate surface area is 126 Å². The molecule has 0 aliphatic heterocycles. The van der Waals surface area contributed by atoms with Crippen molar-refractivity contribution in [3.63, 3.8) is 0 Å². The average Bonchev–Trinajstić information content (AvgIpc) is 2.24. The van der Waals surface area contributed by atoms with Gasteiger partial charge in [0.1, 0.15) is 6.10 Å². The molecule has 1 atom stereocenters. The fourth-order valence-corrected chi connectivity index (χ4v) is 2.06. The van der Waals surface area contributed by atoms with Gasteiger partial charge in [-0.05, 0) is 32.0 Å². The molecule has 110 valence electrons. The van der Waals surface area contributed by atoms with Crippen molar-refractivity contribution < 1.29 is 19.4 Å². The number of rotatable bonds is 6. The number of ether oxygens (including phenoxy) is 1. The third-order valence-corrected chi connectivity index (χ3v) is 2.66. The van der Waals surface area contributed by atoms with Crippen LogP contribution >= 0.6 is 23.2 Å². The minimum Gasteiger partial charge on any atom is -0.481 e. The predicted molar refractivity (Wildman–Crippen MR) is 77.4 cm³/mol. The lowest BCUT2D eigenvalue weighted by atomic mass is 10.2. The van der Waals surface area contributed by atoms with Gasteiger partial charge >= 0.3 is 5.97 Å². The van der Waals surface area contributed by atoms with Crippen LogP contribution in [0.1, 0.15) is 20.3 Å². The molecule has 1 rings (SSSR count). The molecule has 7 heteroatoms. The summed E-state index contributed by atoms with van der Waals surface area (Å²) in [6.07, 6.45) is -1.77. The standard InChI is InChI=1S/C13H15Cl2NO4/c1-7(2)20-11(6-12(17)18)13(19)16-10-4-8(14)3-9(15)5-10/h3-5,7,11H,6H2,1-2H3,(H,16,19)(H,17,18). The Morgan fingerprint density at radius 2 is 1.80 bits per heavy atom. The maximum Gasteiger partial charge on any atom is 0.306 e. The van der Waals surface area contributed by atoms with Crippen LogP contribution in [-0.2, 0) is 14.3 Å². The number of carboxylic acid groups (broad SMARTS) is 1. The number of anilines is 1. The van der Waals surface area contributed by atoms with Gasteiger partial charge in [-0.15, -0.1) is 0 Å². The Morgan fingerprint density at radius 3 is 2.25 bits per heavy atom. The van der Waals surface area contributed by atoms with Crippen LogP contribution in [-0.4, -0.2) is 29.2 Å². The Bertz CT molecular complexity index is 485. The van der Waals surface area contributed by atoms with Gasteiger partial charge in [0.05, 0.1) is 12.5 Å². The highest BCUT2D eigenvalue weighted by atomic mass is 35.5. The number of carbonyl (C=O) groups is 2. The summed E-state index contributed by atoms with van der Waals surface area (Å²) >= 11 is 11.6. The number of hydrogen-bond acceptors (Lipinski definition) is 3. The van der Waals surface area contributed by atoms with Crippen molar-refractivity contribution in [3.05, 3.63) is 28.2 Å². The first-order valence-electron chi connectivity index (χ1n) is 5.92. The molecule has 0 bridgehead atoms. The van der Waals surface area contributed by atoms with Gasteiger partial charge in [0.15, 0.2) is 0 Å². The predicted octanol–water partition coefficient (Wildman–Crippen LogP) is 3.20. The van der Waals surface area contributed by atoms with Gasteiger partial charge in [0.25, 0.3) is 5.91 Å². The number of benzene rings is 1. The van der Waals surface area contributed by atoms with Crippen LogP contribution in [0.25, 0.3) is 0 Å². The Morgan fingerprint density at radius 1 is 1.25 bits per heavy atom. The summed E-state index contributed by atoms with van der Waals surface area (Å²) in [4.78, 5) is 22.8. The summed E-state index contributed by atoms with van der Waals surface area (Å²) < 4.78 is 5.30. The number of halogens is 2. The van der Waals surface area contributed by atoms with Crippen LogP contribution in [0.5, 0.6) is 0 Å². The summed E-state index contributed by atoms with van der Waals surface area (Å²) in [7, 11) is 0. The molecule has 0 saturated carbocycles. The first-order chi connectivity index (χ1) is 9.27. The van der Waals surface area contributed by atoms with Crippen LogP contribution in [0.3, 0.4) is 0 Å². The van der Waals surface area contributed by atoms with E-state index in [4.69, 9.17) is 33.0 Å². The Kier molecular flexibility index (Phi) is 6.26. The van der Waals surface area contributed by atoms with E-state index < -0.39 is 24.4 Å². The number of hydrogen-bond donors (Lipinski definition) is 2. The number of amides is 1. The zero-order valence-electron chi connectivity index (χ0n) is 11.0. The molecule has 1 aromatic rings. The van der Waals surface area contributed by atoms with Crippen LogP contribution in [0.2, 0.25) is 10.0 Å². The van der Waals surface area contributed by atoms with Gasteiger partial charge in [-0.1, -0.05) is 23.2 Å². The zero-order chi connectivity index (χ0) is 15.3. The van der Waals surface area contributed by atoms with Gasteiger partial charge in [-0.2, -0.15) is 0 Å². The van der Waals surface area contributed by atoms with Gasteiger partial charge in [0, 0.05) is 15.7 Å². The molecular weight excluding hydrogens is 305 g/mol. The van der Waals surface area contributed by atoms with E-state index in [9.17, 15) is 9.59 Å². The van der Waals surface area contributed by atoms with Crippen molar-refractivity contribution in [1.29, 1.82) is 0 Å². The third-order valence-electron chi connectivity index (χ3n) is 2.22. The molecule has 0 aliphatic carbocycles. The maximum absolute atomic E-state index is 12.0. The molecule has 1 amide bonds.